The number of nitrogens with zero attached hydrogens (tertiary/aromatic N) is 3. The first-order chi connectivity index (χ1) is 18.1. The lowest BCUT2D eigenvalue weighted by Crippen LogP contribution is -2.50. The summed E-state index contributed by atoms with van der Waals surface area (Å²) in [6, 6.07) is 14.3. The minimum Gasteiger partial charge on any atom is -0.451 e. The van der Waals surface area contributed by atoms with Crippen molar-refractivity contribution >= 4 is 57.8 Å². The summed E-state index contributed by atoms with van der Waals surface area (Å²) in [5.41, 5.74) is 1.84. The van der Waals surface area contributed by atoms with Gasteiger partial charge in [0.2, 0.25) is 5.91 Å². The minimum atomic E-state index is -0.573. The SMILES string of the molecule is CC(C)C(=O)N1CCN(c2ccc(NC(=S)NC(=O)c3ccc(-c4cccc([N+](=O)[O-])c4)o3)cc2Cl)CC1. The first-order valence-electron chi connectivity index (χ1n) is 11.9. The van der Waals surface area contributed by atoms with E-state index in [-0.39, 0.29) is 28.4 Å². The Balaban J connectivity index is 1.34. The minimum absolute atomic E-state index is 0.000808. The molecular formula is C26H26ClN5O5S. The number of carbonyl (C=O) groups is 2. The number of anilines is 2. The van der Waals surface area contributed by atoms with E-state index in [2.05, 4.69) is 15.5 Å². The summed E-state index contributed by atoms with van der Waals surface area (Å²) in [6.45, 7) is 6.44. The molecule has 2 N–H and O–H groups in total. The quantitative estimate of drug-likeness (QED) is 0.249. The molecule has 2 amide bonds. The molecule has 3 aromatic rings. The highest BCUT2D eigenvalue weighted by atomic mass is 35.5. The summed E-state index contributed by atoms with van der Waals surface area (Å²) in [4.78, 5) is 39.3. The molecule has 0 unspecified atom stereocenters. The molecule has 0 atom stereocenters. The molecule has 0 aliphatic carbocycles. The van der Waals surface area contributed by atoms with Crippen LogP contribution in [0.5, 0.6) is 0 Å². The summed E-state index contributed by atoms with van der Waals surface area (Å²) in [7, 11) is 0. The van der Waals surface area contributed by atoms with Gasteiger partial charge in [-0.2, -0.15) is 0 Å². The average molecular weight is 556 g/mol. The van der Waals surface area contributed by atoms with E-state index in [1.165, 1.54) is 18.2 Å². The zero-order valence-electron chi connectivity index (χ0n) is 20.8. The van der Waals surface area contributed by atoms with Crippen molar-refractivity contribution in [2.24, 2.45) is 5.92 Å². The van der Waals surface area contributed by atoms with E-state index in [9.17, 15) is 19.7 Å². The van der Waals surface area contributed by atoms with E-state index in [0.717, 1.165) is 5.69 Å². The maximum atomic E-state index is 12.6. The Morgan fingerprint density at radius 3 is 2.47 bits per heavy atom. The van der Waals surface area contributed by atoms with Gasteiger partial charge in [0.15, 0.2) is 10.9 Å². The lowest BCUT2D eigenvalue weighted by molar-refractivity contribution is -0.384. The third kappa shape index (κ3) is 6.29. The molecule has 0 saturated carbocycles. The summed E-state index contributed by atoms with van der Waals surface area (Å²) in [6.07, 6.45) is 0. The van der Waals surface area contributed by atoms with E-state index < -0.39 is 10.8 Å². The Morgan fingerprint density at radius 2 is 1.82 bits per heavy atom. The topological polar surface area (TPSA) is 121 Å². The monoisotopic (exact) mass is 555 g/mol. The molecule has 1 aliphatic heterocycles. The van der Waals surface area contributed by atoms with Crippen LogP contribution in [0.1, 0.15) is 24.4 Å². The van der Waals surface area contributed by atoms with Gasteiger partial charge in [-0.3, -0.25) is 25.0 Å². The Kier molecular flexibility index (Phi) is 8.28. The number of piperazine rings is 1. The lowest BCUT2D eigenvalue weighted by Gasteiger charge is -2.37. The fourth-order valence-electron chi connectivity index (χ4n) is 4.09. The summed E-state index contributed by atoms with van der Waals surface area (Å²) >= 11 is 11.8. The molecule has 1 saturated heterocycles. The van der Waals surface area contributed by atoms with Gasteiger partial charge in [0.05, 0.1) is 15.6 Å². The fourth-order valence-corrected chi connectivity index (χ4v) is 4.60. The summed E-state index contributed by atoms with van der Waals surface area (Å²) < 4.78 is 5.58. The van der Waals surface area contributed by atoms with Crippen molar-refractivity contribution < 1.29 is 18.9 Å². The number of halogens is 1. The van der Waals surface area contributed by atoms with Crippen molar-refractivity contribution in [2.45, 2.75) is 13.8 Å². The van der Waals surface area contributed by atoms with Gasteiger partial charge in [0, 0.05) is 55.5 Å². The van der Waals surface area contributed by atoms with Crippen LogP contribution < -0.4 is 15.5 Å². The zero-order chi connectivity index (χ0) is 27.4. The smallest absolute Gasteiger partial charge is 0.293 e. The molecule has 12 heteroatoms. The van der Waals surface area contributed by atoms with Crippen LogP contribution >= 0.6 is 23.8 Å². The van der Waals surface area contributed by atoms with Crippen LogP contribution in [0.25, 0.3) is 11.3 Å². The van der Waals surface area contributed by atoms with E-state index >= 15 is 0 Å². The molecule has 2 heterocycles. The first-order valence-corrected chi connectivity index (χ1v) is 12.7. The van der Waals surface area contributed by atoms with Crippen LogP contribution in [-0.2, 0) is 4.79 Å². The number of nitro groups is 1. The van der Waals surface area contributed by atoms with Crippen LogP contribution in [0.4, 0.5) is 17.1 Å². The number of rotatable bonds is 6. The standard InChI is InChI=1S/C26H26ClN5O5S/c1-16(2)25(34)31-12-10-30(11-13-31)21-7-6-18(15-20(21)27)28-26(38)29-24(33)23-9-8-22(37-23)17-4-3-5-19(14-17)32(35)36/h3-9,14-16H,10-13H2,1-2H3,(H2,28,29,33,38). The normalized spacial score (nSPS) is 13.4. The number of benzene rings is 2. The molecule has 0 spiro atoms. The molecule has 10 nitrogen and oxygen atoms in total. The molecule has 38 heavy (non-hydrogen) atoms. The molecule has 0 bridgehead atoms. The van der Waals surface area contributed by atoms with Gasteiger partial charge in [0.25, 0.3) is 11.6 Å². The Hall–Kier alpha value is -3.96. The van der Waals surface area contributed by atoms with Crippen molar-refractivity contribution in [1.29, 1.82) is 0 Å². The third-order valence-electron chi connectivity index (χ3n) is 6.03. The van der Waals surface area contributed by atoms with Gasteiger partial charge in [-0.05, 0) is 42.5 Å². The number of carbonyl (C=O) groups excluding carboxylic acids is 2. The van der Waals surface area contributed by atoms with Crippen molar-refractivity contribution in [3.63, 3.8) is 0 Å². The summed E-state index contributed by atoms with van der Waals surface area (Å²) in [5.74, 6) is -0.132. The maximum Gasteiger partial charge on any atom is 0.293 e. The molecule has 4 rings (SSSR count). The van der Waals surface area contributed by atoms with Crippen LogP contribution in [0.3, 0.4) is 0 Å². The highest BCUT2D eigenvalue weighted by Gasteiger charge is 2.24. The van der Waals surface area contributed by atoms with Crippen LogP contribution in [0, 0.1) is 16.0 Å². The zero-order valence-corrected chi connectivity index (χ0v) is 22.3. The molecule has 1 fully saturated rings. The maximum absolute atomic E-state index is 12.6. The van der Waals surface area contributed by atoms with E-state index in [1.807, 2.05) is 24.8 Å². The van der Waals surface area contributed by atoms with Gasteiger partial charge in [-0.1, -0.05) is 37.6 Å². The highest BCUT2D eigenvalue weighted by molar-refractivity contribution is 7.80. The van der Waals surface area contributed by atoms with Crippen molar-refractivity contribution in [3.05, 3.63) is 75.5 Å². The van der Waals surface area contributed by atoms with E-state index in [1.54, 1.807) is 30.3 Å². The second kappa shape index (κ2) is 11.6. The van der Waals surface area contributed by atoms with Crippen LogP contribution in [0.15, 0.2) is 59.0 Å². The number of hydrogen-bond acceptors (Lipinski definition) is 7. The van der Waals surface area contributed by atoms with Gasteiger partial charge in [-0.25, -0.2) is 0 Å². The van der Waals surface area contributed by atoms with Gasteiger partial charge < -0.3 is 19.5 Å². The van der Waals surface area contributed by atoms with Crippen LogP contribution in [-0.4, -0.2) is 52.9 Å². The number of thiocarbonyl (C=S) groups is 1. The van der Waals surface area contributed by atoms with Crippen molar-refractivity contribution in [2.75, 3.05) is 36.4 Å². The Morgan fingerprint density at radius 1 is 1.08 bits per heavy atom. The van der Waals surface area contributed by atoms with Crippen molar-refractivity contribution in [3.8, 4) is 11.3 Å². The van der Waals surface area contributed by atoms with Crippen LogP contribution in [0.2, 0.25) is 5.02 Å². The van der Waals surface area contributed by atoms with Crippen molar-refractivity contribution in [1.82, 2.24) is 10.2 Å². The number of hydrogen-bond donors (Lipinski definition) is 2. The molecule has 2 aromatic carbocycles. The molecule has 1 aromatic heterocycles. The number of non-ortho nitro benzene ring substituents is 1. The number of amides is 2. The molecular weight excluding hydrogens is 530 g/mol. The Bertz CT molecular complexity index is 1380. The molecule has 198 valence electrons. The molecule has 1 aliphatic rings. The number of furan rings is 1. The third-order valence-corrected chi connectivity index (χ3v) is 6.54. The predicted molar refractivity (Wildman–Crippen MR) is 150 cm³/mol. The second-order valence-electron chi connectivity index (χ2n) is 9.01. The largest absolute Gasteiger partial charge is 0.451 e. The first kappa shape index (κ1) is 27.1. The average Bonchev–Trinajstić information content (AvgIpc) is 3.39. The van der Waals surface area contributed by atoms with E-state index in [4.69, 9.17) is 28.2 Å². The van der Waals surface area contributed by atoms with Gasteiger partial charge in [-0.15, -0.1) is 0 Å². The highest BCUT2D eigenvalue weighted by Crippen LogP contribution is 2.30. The predicted octanol–water partition coefficient (Wildman–Crippen LogP) is 4.94. The number of nitro benzene ring substituents is 1. The van der Waals surface area contributed by atoms with Gasteiger partial charge >= 0.3 is 0 Å². The number of nitrogens with one attached hydrogen (secondary N) is 2. The second-order valence-corrected chi connectivity index (χ2v) is 9.83. The molecule has 0 radical (unpaired) electrons. The summed E-state index contributed by atoms with van der Waals surface area (Å²) in [5, 5.41) is 17.1. The van der Waals surface area contributed by atoms with Gasteiger partial charge in [0.1, 0.15) is 5.76 Å². The Labute approximate surface area is 229 Å². The fraction of sp³-hybridized carbons (Fsp3) is 0.269. The van der Waals surface area contributed by atoms with E-state index in [0.29, 0.717) is 48.2 Å². The lowest BCUT2D eigenvalue weighted by atomic mass is 10.1.